The number of nitrogens with one attached hydrogen (secondary N) is 14. The Morgan fingerprint density at radius 3 is 1.77 bits per heavy atom. The van der Waals surface area contributed by atoms with Crippen molar-refractivity contribution < 1.29 is 86.8 Å². The maximum atomic E-state index is 14.5. The minimum Gasteiger partial charge on any atom is -0.508 e. The van der Waals surface area contributed by atoms with Gasteiger partial charge in [-0.1, -0.05) is 38.5 Å². The summed E-state index contributed by atoms with van der Waals surface area (Å²) in [5, 5.41) is 75.9. The molecule has 132 heavy (non-hydrogen) atoms. The number of primary amides is 2. The Morgan fingerprint density at radius 1 is 0.576 bits per heavy atom. The van der Waals surface area contributed by atoms with Gasteiger partial charge in [0, 0.05) is 131 Å². The van der Waals surface area contributed by atoms with Gasteiger partial charge in [-0.05, 0) is 178 Å². The van der Waals surface area contributed by atoms with Gasteiger partial charge in [0.05, 0.1) is 36.4 Å². The third-order valence-electron chi connectivity index (χ3n) is 23.2. The van der Waals surface area contributed by atoms with E-state index in [4.69, 9.17) is 52.4 Å². The Balaban J connectivity index is 0.694. The summed E-state index contributed by atoms with van der Waals surface area (Å²) in [5.41, 5.74) is 24.8. The first kappa shape index (κ1) is 93.8. The smallest absolute Gasteiger partial charge is 0.336 e. The van der Waals surface area contributed by atoms with Gasteiger partial charge in [0.2, 0.25) is 76.9 Å². The highest BCUT2D eigenvalue weighted by Gasteiger charge is 2.37. The molecule has 1 aliphatic carbocycles. The van der Waals surface area contributed by atoms with E-state index < -0.39 is 138 Å². The van der Waals surface area contributed by atoms with Crippen LogP contribution in [0, 0.1) is 23.2 Å². The third kappa shape index (κ3) is 23.2. The summed E-state index contributed by atoms with van der Waals surface area (Å²) in [6.45, 7) is 2.68. The number of nitrogens with zero attached hydrogens (tertiary/aromatic N) is 5. The molecule has 2 fully saturated rings. The average Bonchev–Trinajstić information content (AvgIpc) is 0.743. The van der Waals surface area contributed by atoms with Crippen molar-refractivity contribution in [1.82, 2.24) is 52.2 Å². The molecule has 25 N–H and O–H groups in total. The van der Waals surface area contributed by atoms with Crippen molar-refractivity contribution >= 4 is 146 Å². The van der Waals surface area contributed by atoms with Crippen LogP contribution in [0.5, 0.6) is 11.5 Å². The van der Waals surface area contributed by atoms with Gasteiger partial charge in [-0.2, -0.15) is 15.0 Å². The van der Waals surface area contributed by atoms with E-state index in [1.54, 1.807) is 25.1 Å². The first-order valence-corrected chi connectivity index (χ1v) is 42.9. The number of phenolic OH excluding ortho intramolecular Hbond substituents is 1. The van der Waals surface area contributed by atoms with E-state index >= 15 is 0 Å². The summed E-state index contributed by atoms with van der Waals surface area (Å²) < 4.78 is 12.3. The fraction of sp³-hybridized carbons (Fsp3) is 0.333. The number of aliphatic hydroxyl groups is 1. The van der Waals surface area contributed by atoms with Crippen LogP contribution in [-0.2, 0) is 51.5 Å². The van der Waals surface area contributed by atoms with Gasteiger partial charge in [0.1, 0.15) is 53.6 Å². The summed E-state index contributed by atoms with van der Waals surface area (Å²) in [6.07, 6.45) is 2.63. The number of anilines is 9. The van der Waals surface area contributed by atoms with Crippen LogP contribution < -0.4 is 112 Å². The molecule has 1 aromatic heterocycles. The number of benzene rings is 7. The number of phenols is 1. The zero-order valence-electron chi connectivity index (χ0n) is 71.9. The Bertz CT molecular complexity index is 6030. The number of nitrogens with two attached hydrogens (primary N) is 4. The average molecular weight is 1810 g/mol. The highest BCUT2D eigenvalue weighted by atomic mass is 16.5. The van der Waals surface area contributed by atoms with E-state index in [-0.39, 0.29) is 217 Å². The zero-order chi connectivity index (χ0) is 94.1. The molecule has 5 atom stereocenters. The molecule has 690 valence electrons. The highest BCUT2D eigenvalue weighted by molar-refractivity contribution is 6.10. The molecule has 0 unspecified atom stereocenters. The highest BCUT2D eigenvalue weighted by Crippen LogP contribution is 2.43. The van der Waals surface area contributed by atoms with E-state index in [0.717, 1.165) is 0 Å². The maximum Gasteiger partial charge on any atom is 0.336 e. The second-order valence-corrected chi connectivity index (χ2v) is 32.3. The van der Waals surface area contributed by atoms with Crippen molar-refractivity contribution in [3.05, 3.63) is 177 Å². The minimum atomic E-state index is -1.49. The number of fused-ring (bicyclic) bond motifs is 6. The van der Waals surface area contributed by atoms with Crippen LogP contribution in [0.25, 0.3) is 33.4 Å². The Hall–Kier alpha value is -15.9. The lowest BCUT2D eigenvalue weighted by atomic mass is 9.90. The van der Waals surface area contributed by atoms with Gasteiger partial charge in [-0.25, -0.2) is 4.79 Å². The molecule has 6 heterocycles. The van der Waals surface area contributed by atoms with E-state index in [0.29, 0.717) is 46.9 Å². The van der Waals surface area contributed by atoms with E-state index in [2.05, 4.69) is 69.1 Å². The number of guanidine groups is 1. The number of ether oxygens (including phenoxy) is 1. The molecule has 42 nitrogen and oxygen atoms in total. The van der Waals surface area contributed by atoms with Crippen molar-refractivity contribution in [3.8, 4) is 33.9 Å². The third-order valence-corrected chi connectivity index (χ3v) is 23.2. The van der Waals surface area contributed by atoms with Crippen LogP contribution in [0.4, 0.5) is 52.0 Å². The number of amides is 12. The van der Waals surface area contributed by atoms with Crippen molar-refractivity contribution in [3.63, 3.8) is 0 Å². The molecule has 0 saturated carbocycles. The number of unbranched alkanes of at least 4 members (excludes halogenated alkanes) is 1. The molecule has 0 radical (unpaired) electrons. The van der Waals surface area contributed by atoms with Gasteiger partial charge >= 0.3 is 5.97 Å². The quantitative estimate of drug-likeness (QED) is 0.0151. The molecular weight excluding hydrogens is 1710 g/mol. The molecule has 12 amide bonds. The predicted octanol–water partition coefficient (Wildman–Crippen LogP) is 3.73. The van der Waals surface area contributed by atoms with Gasteiger partial charge < -0.3 is 126 Å². The molecule has 0 spiro atoms. The summed E-state index contributed by atoms with van der Waals surface area (Å²) in [4.78, 5) is 209. The van der Waals surface area contributed by atoms with Gasteiger partial charge in [-0.3, -0.25) is 67.7 Å². The SMILES string of the molecule is CC[C@H](C)[C@@H]1NC(=O)c2cc(NC(=O)CNC(=O)C3CCN(c4nc(Nc5ccc(-c6c7ccc(=O)cc-7oc7cc(O)ccc67)c(C(=O)O)c5)nc(N5CCC(C(=O)NCC(=O)Nc6ccc7c(c6)C(=O)N[C@@H](CCCCN)C(=O)N[C@@H](CO)C(=O)Nc6cc(C(N)=O)ccc6CN7)CC5)n4)CC3)ccc2OCc2ccc(C(N)=O)cc2NC(=O)[C@H](CCCNC(=N)N)NC1=O. The Labute approximate surface area is 753 Å². The van der Waals surface area contributed by atoms with Gasteiger partial charge in [0.25, 0.3) is 11.8 Å². The van der Waals surface area contributed by atoms with Crippen molar-refractivity contribution in [2.75, 3.05) is 101 Å². The first-order chi connectivity index (χ1) is 63.4. The van der Waals surface area contributed by atoms with Crippen LogP contribution in [0.15, 0.2) is 137 Å². The predicted molar refractivity (Wildman–Crippen MR) is 486 cm³/mol. The number of aromatic nitrogens is 3. The monoisotopic (exact) mass is 1810 g/mol. The van der Waals surface area contributed by atoms with Crippen LogP contribution in [0.2, 0.25) is 0 Å². The normalized spacial score (nSPS) is 17.2. The standard InChI is InChI=1S/C90H101N23O19/c1-3-45(2)75-85(128)104-65(8-6-28-96-87(94)95)82(125)106-67-34-49(77(93)120)10-12-51(67)44-131-69-22-15-53(37-62(69)81(124)108-75)101-73(118)42-99-79(122)47-25-31-113(32-26-47)90-110-88(102-54-13-18-57(60(35-54)86(129)130)74-58-19-16-55(115)38-70(58)132-71-39-56(116)17-20-59(71)74)109-89(111-90)112-29-23-46(24-30-112)78(121)98-41-72(117)100-52-14-21-63-61(36-52)80(123)103-64(7-4-5-27-91)83(126)107-68(43-114)84(127)105-66-33-48(76(92)119)9-11-50(66)40-97-63/h9-22,33-39,45-47,64-65,68,75,97,114-115H,3-8,23-32,40-44,91H2,1-2H3,(H2,92,119)(H2,93,120)(H,98,121)(H,99,122)(H,100,117)(H,101,118)(H,103,123)(H,104,128)(H,105,127)(H,106,125)(H,107,126)(H,108,124)(H,129,130)(H4,94,95,96)(H,102,109,110,111)/t45-,64-,65-,68-,75-/m0/s1. The zero-order valence-corrected chi connectivity index (χ0v) is 71.9. The first-order valence-electron chi connectivity index (χ1n) is 42.9. The van der Waals surface area contributed by atoms with Crippen molar-refractivity contribution in [1.29, 1.82) is 5.41 Å². The fourth-order valence-corrected chi connectivity index (χ4v) is 15.8. The number of carbonyl (C=O) groups excluding carboxylic acids is 12. The number of piperidine rings is 2. The Kier molecular flexibility index (Phi) is 30.1. The van der Waals surface area contributed by atoms with Crippen LogP contribution >= 0.6 is 0 Å². The minimum absolute atomic E-state index is 0.00424. The van der Waals surface area contributed by atoms with E-state index in [1.807, 2.05) is 16.7 Å². The molecule has 0 bridgehead atoms. The number of hydrogen-bond donors (Lipinski definition) is 21. The Morgan fingerprint density at radius 2 is 1.15 bits per heavy atom. The number of aromatic hydroxyl groups is 1. The number of aliphatic hydroxyl groups excluding tert-OH is 1. The number of carboxylic acid groups (broad SMARTS) is 1. The molecule has 42 heteroatoms. The molecule has 6 aromatic carbocycles. The summed E-state index contributed by atoms with van der Waals surface area (Å²) in [7, 11) is 0. The number of rotatable bonds is 27. The van der Waals surface area contributed by atoms with E-state index in [1.165, 1.54) is 109 Å². The summed E-state index contributed by atoms with van der Waals surface area (Å²) in [5.74, 6) is -11.4. The topological polar surface area (TPSA) is 652 Å². The van der Waals surface area contributed by atoms with Crippen LogP contribution in [0.3, 0.4) is 0 Å². The van der Waals surface area contributed by atoms with Gasteiger partial charge in [0.15, 0.2) is 11.4 Å². The lowest BCUT2D eigenvalue weighted by Crippen LogP contribution is -2.55. The van der Waals surface area contributed by atoms with Crippen molar-refractivity contribution in [2.24, 2.45) is 40.7 Å². The lowest BCUT2D eigenvalue weighted by Gasteiger charge is -2.34. The number of hydrogen-bond acceptors (Lipinski definition) is 27. The molecule has 7 aromatic rings. The molecular formula is C90H101N23O19. The number of aromatic carboxylic acids is 1. The van der Waals surface area contributed by atoms with E-state index in [9.17, 15) is 82.4 Å². The lowest BCUT2D eigenvalue weighted by molar-refractivity contribution is -0.128. The summed E-state index contributed by atoms with van der Waals surface area (Å²) >= 11 is 0. The largest absolute Gasteiger partial charge is 0.508 e. The fourth-order valence-electron chi connectivity index (χ4n) is 15.8. The molecule has 2 saturated heterocycles. The molecule has 13 rings (SSSR count). The van der Waals surface area contributed by atoms with Crippen LogP contribution in [-0.4, -0.2) is 196 Å². The second-order valence-electron chi connectivity index (χ2n) is 32.3. The number of carbonyl (C=O) groups is 13. The van der Waals surface area contributed by atoms with Crippen molar-refractivity contribution in [2.45, 2.75) is 115 Å². The van der Waals surface area contributed by atoms with Gasteiger partial charge in [-0.15, -0.1) is 0 Å². The summed E-state index contributed by atoms with van der Waals surface area (Å²) in [6, 6.07) is 25.1. The maximum absolute atomic E-state index is 14.5. The van der Waals surface area contributed by atoms with Crippen LogP contribution in [0.1, 0.15) is 141 Å². The number of carboxylic acids is 1. The molecule has 5 aliphatic heterocycles. The second kappa shape index (κ2) is 42.4. The molecule has 6 aliphatic rings.